The van der Waals surface area contributed by atoms with Gasteiger partial charge in [-0.15, -0.1) is 0 Å². The molecule has 3 fully saturated rings. The molecule has 0 amide bonds. The summed E-state index contributed by atoms with van der Waals surface area (Å²) in [4.78, 5) is 0. The molecule has 1 spiro atoms. The van der Waals surface area contributed by atoms with Crippen molar-refractivity contribution in [3.63, 3.8) is 0 Å². The minimum Gasteiger partial charge on any atom is -0.0693 e. The molecule has 3 aliphatic carbocycles. The Hall–Kier alpha value is 0.217. The van der Waals surface area contributed by atoms with Crippen LogP contribution >= 0.6 is 0 Å². The summed E-state index contributed by atoms with van der Waals surface area (Å²) >= 11 is 0. The summed E-state index contributed by atoms with van der Waals surface area (Å²) in [5, 5.41) is 0. The average molecular weight is 293 g/mol. The van der Waals surface area contributed by atoms with E-state index in [1.165, 1.54) is 0 Å². The monoisotopic (exact) mass is 292 g/mol. The van der Waals surface area contributed by atoms with E-state index < -0.39 is 8.07 Å². The second-order valence-corrected chi connectivity index (χ2v) is 16.6. The Morgan fingerprint density at radius 2 is 1.50 bits per heavy atom. The molecule has 0 N–H and O–H groups in total. The van der Waals surface area contributed by atoms with E-state index in [9.17, 15) is 0 Å². The van der Waals surface area contributed by atoms with E-state index in [0.717, 1.165) is 34.6 Å². The SMILES string of the molecule is CC1C2C(C(C)(C)C(C)(C)C)C3CC12CC3[Si](C)(C)C. The van der Waals surface area contributed by atoms with Crippen molar-refractivity contribution < 1.29 is 0 Å². The Morgan fingerprint density at radius 1 is 0.950 bits per heavy atom. The summed E-state index contributed by atoms with van der Waals surface area (Å²) < 4.78 is 0. The molecule has 0 nitrogen and oxygen atoms in total. The van der Waals surface area contributed by atoms with Crippen LogP contribution in [0.5, 0.6) is 0 Å². The normalized spacial score (nSPS) is 47.5. The molecule has 0 aromatic carbocycles. The van der Waals surface area contributed by atoms with Gasteiger partial charge in [0, 0.05) is 8.07 Å². The molecule has 6 unspecified atom stereocenters. The fraction of sp³-hybridized carbons (Fsp3) is 1.00. The van der Waals surface area contributed by atoms with Gasteiger partial charge in [-0.05, 0) is 58.3 Å². The van der Waals surface area contributed by atoms with Crippen molar-refractivity contribution in [2.45, 2.75) is 79.6 Å². The van der Waals surface area contributed by atoms with Gasteiger partial charge in [0.25, 0.3) is 0 Å². The summed E-state index contributed by atoms with van der Waals surface area (Å²) in [5.41, 5.74) is 2.79. The van der Waals surface area contributed by atoms with Gasteiger partial charge >= 0.3 is 0 Å². The lowest BCUT2D eigenvalue weighted by molar-refractivity contribution is 0.00913. The maximum absolute atomic E-state index is 2.62. The third-order valence-electron chi connectivity index (χ3n) is 8.46. The first kappa shape index (κ1) is 15.1. The Labute approximate surface area is 128 Å². The van der Waals surface area contributed by atoms with Gasteiger partial charge in [0.05, 0.1) is 0 Å². The predicted molar refractivity (Wildman–Crippen MR) is 91.6 cm³/mol. The molecule has 116 valence electrons. The average Bonchev–Trinajstić information content (AvgIpc) is 2.63. The molecule has 0 aromatic rings. The molecule has 0 heterocycles. The molecule has 1 heteroatoms. The number of hydrogen-bond donors (Lipinski definition) is 0. The minimum absolute atomic E-state index is 0.426. The molecule has 20 heavy (non-hydrogen) atoms. The van der Waals surface area contributed by atoms with Gasteiger partial charge in [0.1, 0.15) is 0 Å². The fourth-order valence-corrected chi connectivity index (χ4v) is 8.95. The zero-order chi connectivity index (χ0) is 15.3. The third kappa shape index (κ3) is 1.65. The highest BCUT2D eigenvalue weighted by Gasteiger charge is 2.78. The smallest absolute Gasteiger partial charge is 0.0476 e. The topological polar surface area (TPSA) is 0 Å². The molecule has 2 bridgehead atoms. The maximum Gasteiger partial charge on any atom is 0.0476 e. The summed E-state index contributed by atoms with van der Waals surface area (Å²) in [5.74, 6) is 4.13. The predicted octanol–water partition coefficient (Wildman–Crippen LogP) is 6.06. The van der Waals surface area contributed by atoms with E-state index in [0.29, 0.717) is 10.8 Å². The molecule has 0 aromatic heterocycles. The van der Waals surface area contributed by atoms with Crippen LogP contribution in [0, 0.1) is 39.9 Å². The second kappa shape index (κ2) is 3.75. The fourth-order valence-electron chi connectivity index (χ4n) is 6.35. The van der Waals surface area contributed by atoms with Gasteiger partial charge in [-0.25, -0.2) is 0 Å². The van der Waals surface area contributed by atoms with Gasteiger partial charge < -0.3 is 0 Å². The maximum atomic E-state index is 2.62. The van der Waals surface area contributed by atoms with Crippen molar-refractivity contribution in [2.75, 3.05) is 0 Å². The molecular weight excluding hydrogens is 256 g/mol. The van der Waals surface area contributed by atoms with Crippen LogP contribution in [0.25, 0.3) is 0 Å². The molecular formula is C19H36Si. The molecule has 3 rings (SSSR count). The molecule has 0 saturated heterocycles. The Kier molecular flexibility index (Phi) is 2.84. The van der Waals surface area contributed by atoms with Crippen LogP contribution in [0.1, 0.15) is 54.4 Å². The van der Waals surface area contributed by atoms with E-state index in [-0.39, 0.29) is 0 Å². The third-order valence-corrected chi connectivity index (χ3v) is 11.3. The quantitative estimate of drug-likeness (QED) is 0.543. The molecule has 0 radical (unpaired) electrons. The van der Waals surface area contributed by atoms with Crippen LogP contribution in [0.15, 0.2) is 0 Å². The van der Waals surface area contributed by atoms with Crippen LogP contribution < -0.4 is 0 Å². The molecule has 3 saturated carbocycles. The minimum atomic E-state index is -1.01. The highest BCUT2D eigenvalue weighted by molar-refractivity contribution is 6.77. The van der Waals surface area contributed by atoms with Gasteiger partial charge in [-0.2, -0.15) is 0 Å². The first-order valence-corrected chi connectivity index (χ1v) is 12.4. The van der Waals surface area contributed by atoms with Gasteiger partial charge in [0.2, 0.25) is 0 Å². The molecule has 0 aliphatic heterocycles. The summed E-state index contributed by atoms with van der Waals surface area (Å²) in [6, 6.07) is 0. The van der Waals surface area contributed by atoms with Crippen molar-refractivity contribution >= 4 is 8.07 Å². The summed E-state index contributed by atoms with van der Waals surface area (Å²) in [6.45, 7) is 23.0. The highest BCUT2D eigenvalue weighted by atomic mass is 28.3. The Balaban J connectivity index is 1.98. The van der Waals surface area contributed by atoms with Gasteiger partial charge in [-0.3, -0.25) is 0 Å². The lowest BCUT2D eigenvalue weighted by Gasteiger charge is -2.50. The van der Waals surface area contributed by atoms with Crippen molar-refractivity contribution in [3.05, 3.63) is 0 Å². The van der Waals surface area contributed by atoms with E-state index in [1.807, 2.05) is 0 Å². The molecule has 6 atom stereocenters. The van der Waals surface area contributed by atoms with E-state index >= 15 is 0 Å². The standard InChI is InChI=1S/C19H36Si/c1-12-15-16(18(5,6)17(2,3)4)13-10-19(12,15)11-14(13)20(7,8)9/h12-16H,10-11H2,1-9H3. The van der Waals surface area contributed by atoms with Gasteiger partial charge in [0.15, 0.2) is 0 Å². The number of rotatable bonds is 2. The first-order valence-electron chi connectivity index (χ1n) is 8.84. The number of hydrogen-bond acceptors (Lipinski definition) is 0. The molecule has 3 aliphatic rings. The zero-order valence-corrected chi connectivity index (χ0v) is 16.3. The van der Waals surface area contributed by atoms with Crippen molar-refractivity contribution in [1.82, 2.24) is 0 Å². The van der Waals surface area contributed by atoms with Crippen molar-refractivity contribution in [3.8, 4) is 0 Å². The van der Waals surface area contributed by atoms with Crippen LogP contribution in [0.2, 0.25) is 25.2 Å². The Morgan fingerprint density at radius 3 is 1.90 bits per heavy atom. The van der Waals surface area contributed by atoms with Crippen LogP contribution in [0.3, 0.4) is 0 Å². The van der Waals surface area contributed by atoms with Gasteiger partial charge in [-0.1, -0.05) is 61.2 Å². The van der Waals surface area contributed by atoms with Crippen molar-refractivity contribution in [1.29, 1.82) is 0 Å². The second-order valence-electron chi connectivity index (χ2n) is 11.1. The summed E-state index contributed by atoms with van der Waals surface area (Å²) in [6.07, 6.45) is 3.17. The Bertz CT molecular complexity index is 422. The number of fused-ring (bicyclic) bond motifs is 1. The lowest BCUT2D eigenvalue weighted by Crippen LogP contribution is -2.45. The van der Waals surface area contributed by atoms with Crippen LogP contribution in [-0.2, 0) is 0 Å². The largest absolute Gasteiger partial charge is 0.0693 e. The van der Waals surface area contributed by atoms with E-state index in [1.54, 1.807) is 12.8 Å². The van der Waals surface area contributed by atoms with Crippen LogP contribution in [0.4, 0.5) is 0 Å². The lowest BCUT2D eigenvalue weighted by atomic mass is 9.57. The van der Waals surface area contributed by atoms with E-state index in [2.05, 4.69) is 61.2 Å². The first-order chi connectivity index (χ1) is 8.84. The van der Waals surface area contributed by atoms with E-state index in [4.69, 9.17) is 0 Å². The van der Waals surface area contributed by atoms with Crippen molar-refractivity contribution in [2.24, 2.45) is 39.9 Å². The zero-order valence-electron chi connectivity index (χ0n) is 15.3. The van der Waals surface area contributed by atoms with Crippen LogP contribution in [-0.4, -0.2) is 8.07 Å². The highest BCUT2D eigenvalue weighted by Crippen LogP contribution is 2.85. The summed E-state index contributed by atoms with van der Waals surface area (Å²) in [7, 11) is -1.01.